The lowest BCUT2D eigenvalue weighted by atomic mass is 9.92. The van der Waals surface area contributed by atoms with Crippen molar-refractivity contribution in [2.75, 3.05) is 14.1 Å². The van der Waals surface area contributed by atoms with Gasteiger partial charge in [-0.15, -0.1) is 0 Å². The highest BCUT2D eigenvalue weighted by Crippen LogP contribution is 2.28. The molecular formula is C25H49N2O5+. The number of rotatable bonds is 20. The number of unbranched alkanes of at least 4 members (excludes halogenated alkanes) is 12. The highest BCUT2D eigenvalue weighted by molar-refractivity contribution is 5.83. The minimum absolute atomic E-state index is 0.116. The summed E-state index contributed by atoms with van der Waals surface area (Å²) >= 11 is 0. The Morgan fingerprint density at radius 2 is 1.22 bits per heavy atom. The third-order valence-corrected chi connectivity index (χ3v) is 7.07. The number of likely N-dealkylation sites (N-methyl/N-ethyl adjacent to an activating group) is 1. The molecule has 7 nitrogen and oxygen atoms in total. The third kappa shape index (κ3) is 11.3. The minimum Gasteiger partial charge on any atom is -0.481 e. The van der Waals surface area contributed by atoms with E-state index in [0.717, 1.165) is 19.3 Å². The van der Waals surface area contributed by atoms with E-state index in [1.807, 2.05) is 0 Å². The maximum atomic E-state index is 12.3. The summed E-state index contributed by atoms with van der Waals surface area (Å²) in [4.78, 5) is 35.3. The van der Waals surface area contributed by atoms with Gasteiger partial charge in [0.15, 0.2) is 6.17 Å². The number of quaternary nitrogens is 1. The quantitative estimate of drug-likeness (QED) is 0.130. The summed E-state index contributed by atoms with van der Waals surface area (Å²) in [7, 11) is 3.29. The topological polar surface area (TPSA) is 104 Å². The van der Waals surface area contributed by atoms with Gasteiger partial charge in [-0.2, -0.15) is 0 Å². The summed E-state index contributed by atoms with van der Waals surface area (Å²) in [6.07, 6.45) is 15.6. The lowest BCUT2D eigenvalue weighted by Gasteiger charge is -2.46. The lowest BCUT2D eigenvalue weighted by molar-refractivity contribution is -0.953. The van der Waals surface area contributed by atoms with Crippen molar-refractivity contribution in [3.05, 3.63) is 0 Å². The number of carboxylic acids is 2. The maximum absolute atomic E-state index is 12.3. The van der Waals surface area contributed by atoms with Crippen LogP contribution in [0.1, 0.15) is 117 Å². The predicted octanol–water partition coefficient (Wildman–Crippen LogP) is 5.32. The molecule has 1 amide bonds. The Balaban J connectivity index is 4.06. The van der Waals surface area contributed by atoms with Crippen LogP contribution in [0.4, 0.5) is 0 Å². The van der Waals surface area contributed by atoms with Gasteiger partial charge in [-0.1, -0.05) is 84.0 Å². The zero-order valence-corrected chi connectivity index (χ0v) is 21.3. The van der Waals surface area contributed by atoms with Crippen molar-refractivity contribution in [1.82, 2.24) is 5.32 Å². The smallest absolute Gasteiger partial charge is 0.366 e. The van der Waals surface area contributed by atoms with Gasteiger partial charge in [0.25, 0.3) is 0 Å². The van der Waals surface area contributed by atoms with Gasteiger partial charge in [-0.3, -0.25) is 14.1 Å². The molecule has 0 fully saturated rings. The van der Waals surface area contributed by atoms with Crippen LogP contribution >= 0.6 is 0 Å². The highest BCUT2D eigenvalue weighted by Gasteiger charge is 2.53. The van der Waals surface area contributed by atoms with Crippen LogP contribution in [0, 0.1) is 0 Å². The molecule has 7 heteroatoms. The molecule has 0 heterocycles. The Kier molecular flexibility index (Phi) is 15.2. The number of carboxylic acid groups (broad SMARTS) is 2. The lowest BCUT2D eigenvalue weighted by Crippen LogP contribution is -2.70. The van der Waals surface area contributed by atoms with Crippen LogP contribution in [-0.4, -0.2) is 58.3 Å². The second kappa shape index (κ2) is 16.1. The Morgan fingerprint density at radius 3 is 1.59 bits per heavy atom. The normalized spacial score (nSPS) is 14.5. The Hall–Kier alpha value is -1.63. The molecular weight excluding hydrogens is 408 g/mol. The molecule has 0 aromatic carbocycles. The first-order valence-electron chi connectivity index (χ1n) is 12.6. The molecule has 188 valence electrons. The van der Waals surface area contributed by atoms with E-state index in [1.165, 1.54) is 71.1 Å². The fourth-order valence-electron chi connectivity index (χ4n) is 4.02. The molecule has 0 aromatic rings. The summed E-state index contributed by atoms with van der Waals surface area (Å²) < 4.78 is -0.154. The molecule has 32 heavy (non-hydrogen) atoms. The summed E-state index contributed by atoms with van der Waals surface area (Å²) in [5.74, 6) is -2.48. The summed E-state index contributed by atoms with van der Waals surface area (Å²) in [6.45, 7) is 5.39. The highest BCUT2D eigenvalue weighted by atomic mass is 16.4. The third-order valence-electron chi connectivity index (χ3n) is 7.07. The van der Waals surface area contributed by atoms with Crippen LogP contribution in [0.15, 0.2) is 0 Å². The molecule has 2 unspecified atom stereocenters. The van der Waals surface area contributed by atoms with Crippen molar-refractivity contribution in [2.45, 2.75) is 129 Å². The number of nitrogens with zero attached hydrogens (tertiary/aromatic N) is 1. The first-order chi connectivity index (χ1) is 15.0. The average Bonchev–Trinajstić information content (AvgIpc) is 2.70. The largest absolute Gasteiger partial charge is 0.481 e. The predicted molar refractivity (Wildman–Crippen MR) is 128 cm³/mol. The zero-order chi connectivity index (χ0) is 24.6. The van der Waals surface area contributed by atoms with E-state index in [1.54, 1.807) is 21.0 Å². The van der Waals surface area contributed by atoms with Crippen molar-refractivity contribution in [2.24, 2.45) is 0 Å². The zero-order valence-electron chi connectivity index (χ0n) is 21.3. The van der Waals surface area contributed by atoms with Crippen LogP contribution in [0.5, 0.6) is 0 Å². The number of carbonyl (C=O) groups is 3. The molecule has 0 aliphatic rings. The molecule has 0 aromatic heterocycles. The first-order valence-corrected chi connectivity index (χ1v) is 12.6. The molecule has 0 saturated heterocycles. The molecule has 0 rings (SSSR count). The summed E-state index contributed by atoms with van der Waals surface area (Å²) in [5.41, 5.74) is -1.55. The van der Waals surface area contributed by atoms with Gasteiger partial charge >= 0.3 is 11.9 Å². The van der Waals surface area contributed by atoms with Crippen molar-refractivity contribution < 1.29 is 29.1 Å². The number of aliphatic carboxylic acids is 2. The van der Waals surface area contributed by atoms with E-state index in [-0.39, 0.29) is 10.4 Å². The summed E-state index contributed by atoms with van der Waals surface area (Å²) in [5, 5.41) is 21.7. The number of nitrogens with one attached hydrogen (secondary N) is 1. The van der Waals surface area contributed by atoms with Crippen molar-refractivity contribution in [3.8, 4) is 0 Å². The Labute approximate surface area is 195 Å². The molecule has 0 spiro atoms. The van der Waals surface area contributed by atoms with E-state index < -0.39 is 30.1 Å². The maximum Gasteiger partial charge on any atom is 0.366 e. The number of carbonyl (C=O) groups excluding carboxylic acids is 1. The van der Waals surface area contributed by atoms with E-state index in [9.17, 15) is 19.5 Å². The second-order valence-electron chi connectivity index (χ2n) is 9.93. The van der Waals surface area contributed by atoms with Gasteiger partial charge in [-0.05, 0) is 6.42 Å². The van der Waals surface area contributed by atoms with Crippen LogP contribution < -0.4 is 5.32 Å². The standard InChI is InChI=1S/C25H48N2O5/c1-6-7-8-9-10-11-12-13-14-15-16-17-18-19-22(28)26-21(2)27(4,5)25(3,24(31)32)20-23(29)30/h21H,6-20H2,1-5H3,(H2-,26,28,29,30,31,32)/p+1. The van der Waals surface area contributed by atoms with Gasteiger partial charge in [-0.25, -0.2) is 4.79 Å². The number of amides is 1. The first kappa shape index (κ1) is 30.4. The summed E-state index contributed by atoms with van der Waals surface area (Å²) in [6, 6.07) is 0. The van der Waals surface area contributed by atoms with Gasteiger partial charge < -0.3 is 15.5 Å². The van der Waals surface area contributed by atoms with Gasteiger partial charge in [0, 0.05) is 20.3 Å². The SMILES string of the molecule is CCCCCCCCCCCCCCCC(=O)NC(C)[N+](C)(C)C(C)(CC(=O)O)C(=O)O. The second-order valence-corrected chi connectivity index (χ2v) is 9.93. The van der Waals surface area contributed by atoms with Crippen LogP contribution in [0.25, 0.3) is 0 Å². The molecule has 0 bridgehead atoms. The van der Waals surface area contributed by atoms with Gasteiger partial charge in [0.05, 0.1) is 14.1 Å². The van der Waals surface area contributed by atoms with E-state index >= 15 is 0 Å². The van der Waals surface area contributed by atoms with E-state index in [0.29, 0.717) is 6.42 Å². The van der Waals surface area contributed by atoms with E-state index in [2.05, 4.69) is 12.2 Å². The number of hydrogen-bond donors (Lipinski definition) is 3. The van der Waals surface area contributed by atoms with Crippen LogP contribution in [-0.2, 0) is 14.4 Å². The molecule has 0 radical (unpaired) electrons. The molecule has 3 N–H and O–H groups in total. The van der Waals surface area contributed by atoms with E-state index in [4.69, 9.17) is 5.11 Å². The monoisotopic (exact) mass is 457 g/mol. The fraction of sp³-hybridized carbons (Fsp3) is 0.880. The average molecular weight is 458 g/mol. The molecule has 0 aliphatic carbocycles. The van der Waals surface area contributed by atoms with Crippen LogP contribution in [0.3, 0.4) is 0 Å². The van der Waals surface area contributed by atoms with Crippen molar-refractivity contribution in [3.63, 3.8) is 0 Å². The fourth-order valence-corrected chi connectivity index (χ4v) is 4.02. The van der Waals surface area contributed by atoms with Crippen molar-refractivity contribution >= 4 is 17.8 Å². The molecule has 0 aliphatic heterocycles. The molecule has 2 atom stereocenters. The Morgan fingerprint density at radius 1 is 0.812 bits per heavy atom. The Bertz CT molecular complexity index is 565. The van der Waals surface area contributed by atoms with Gasteiger partial charge in [0.2, 0.25) is 11.4 Å². The minimum atomic E-state index is -1.55. The van der Waals surface area contributed by atoms with Gasteiger partial charge in [0.1, 0.15) is 6.42 Å². The van der Waals surface area contributed by atoms with Crippen molar-refractivity contribution in [1.29, 1.82) is 0 Å². The van der Waals surface area contributed by atoms with Crippen LogP contribution in [0.2, 0.25) is 0 Å². The number of hydrogen-bond acceptors (Lipinski definition) is 3. The molecule has 0 saturated carbocycles.